The molecule has 10 heteroatoms. The summed E-state index contributed by atoms with van der Waals surface area (Å²) in [5.41, 5.74) is 8.10. The quantitative estimate of drug-likeness (QED) is 0.440. The highest BCUT2D eigenvalue weighted by Crippen LogP contribution is 2.30. The lowest BCUT2D eigenvalue weighted by molar-refractivity contribution is -0.497. The van der Waals surface area contributed by atoms with Gasteiger partial charge in [-0.05, 0) is 37.3 Å². The number of alkyl halides is 2. The number of pyridine rings is 1. The Labute approximate surface area is 227 Å². The number of fused-ring (bicyclic) bond motifs is 1. The van der Waals surface area contributed by atoms with E-state index in [0.717, 1.165) is 63.7 Å². The van der Waals surface area contributed by atoms with E-state index in [2.05, 4.69) is 35.8 Å². The van der Waals surface area contributed by atoms with Gasteiger partial charge in [0.1, 0.15) is 24.9 Å². The minimum atomic E-state index is -2.40. The molecule has 1 atom stereocenters. The minimum Gasteiger partial charge on any atom is -0.500 e. The Morgan fingerprint density at radius 3 is 2.77 bits per heavy atom. The number of halogens is 2. The Morgan fingerprint density at radius 1 is 1.23 bits per heavy atom. The Kier molecular flexibility index (Phi) is 7.40. The monoisotopic (exact) mass is 536 g/mol. The number of nitrogens with zero attached hydrogens (tertiary/aromatic N) is 5. The van der Waals surface area contributed by atoms with E-state index in [0.29, 0.717) is 24.7 Å². The lowest BCUT2D eigenvalue weighted by Crippen LogP contribution is -2.53. The van der Waals surface area contributed by atoms with Crippen LogP contribution >= 0.6 is 0 Å². The van der Waals surface area contributed by atoms with Crippen molar-refractivity contribution < 1.29 is 18.1 Å². The van der Waals surface area contributed by atoms with Gasteiger partial charge < -0.3 is 24.8 Å². The standard InChI is InChI=1S/C29H36F2N7O/c1-17-13-20(14-23(33-17)27-19(3)36(4)11-9-26(27)39-6)18(2)34-29-35-22-8-7-21(15-25(22)37(29)5)38-12-10-32-24(16-38)28(30)31/h7-8,13-15,24,28,32H,2,9-12,16H2,1,3-6H3,(H,34,35)/q+1. The first kappa shape index (κ1) is 26.8. The van der Waals surface area contributed by atoms with Crippen molar-refractivity contribution in [2.45, 2.75) is 32.7 Å². The Hall–Kier alpha value is -3.79. The minimum absolute atomic E-state index is 0.264. The SMILES string of the molecule is C=C(Nc1nc2ccc(N3CCNC(C(F)F)C3)cc2n1C)c1cc(C)nc(C2=C(OC)CC[N+](C)=C2C)c1. The maximum absolute atomic E-state index is 13.3. The van der Waals surface area contributed by atoms with Crippen LogP contribution in [0.1, 0.15) is 30.3 Å². The van der Waals surface area contributed by atoms with Crippen LogP contribution in [0.3, 0.4) is 0 Å². The first-order valence-electron chi connectivity index (χ1n) is 13.2. The summed E-state index contributed by atoms with van der Waals surface area (Å²) in [6, 6.07) is 9.09. The first-order valence-corrected chi connectivity index (χ1v) is 13.2. The maximum atomic E-state index is 13.3. The number of hydrogen-bond donors (Lipinski definition) is 2. The molecular formula is C29H36F2N7O+. The molecule has 0 saturated carbocycles. The zero-order valence-electron chi connectivity index (χ0n) is 23.2. The third kappa shape index (κ3) is 5.25. The molecular weight excluding hydrogens is 500 g/mol. The molecule has 1 saturated heterocycles. The molecule has 0 aliphatic carbocycles. The van der Waals surface area contributed by atoms with E-state index < -0.39 is 12.5 Å². The molecule has 0 spiro atoms. The predicted octanol–water partition coefficient (Wildman–Crippen LogP) is 4.27. The lowest BCUT2D eigenvalue weighted by Gasteiger charge is -2.34. The van der Waals surface area contributed by atoms with Crippen molar-refractivity contribution in [3.63, 3.8) is 0 Å². The fourth-order valence-corrected chi connectivity index (χ4v) is 5.33. The van der Waals surface area contributed by atoms with Gasteiger partial charge in [-0.3, -0.25) is 4.98 Å². The van der Waals surface area contributed by atoms with Gasteiger partial charge in [0.25, 0.3) is 6.43 Å². The number of imidazole rings is 1. The number of anilines is 2. The molecule has 1 unspecified atom stereocenters. The van der Waals surface area contributed by atoms with Crippen molar-refractivity contribution in [3.05, 3.63) is 59.6 Å². The van der Waals surface area contributed by atoms with Gasteiger partial charge in [0, 0.05) is 56.2 Å². The molecule has 39 heavy (non-hydrogen) atoms. The third-order valence-electron chi connectivity index (χ3n) is 7.69. The molecule has 1 aromatic carbocycles. The normalized spacial score (nSPS) is 18.4. The van der Waals surface area contributed by atoms with Crippen LogP contribution in [0.25, 0.3) is 22.3 Å². The maximum Gasteiger partial charge on any atom is 0.255 e. The summed E-state index contributed by atoms with van der Waals surface area (Å²) in [6.07, 6.45) is -1.58. The van der Waals surface area contributed by atoms with Crippen LogP contribution in [-0.4, -0.2) is 77.6 Å². The summed E-state index contributed by atoms with van der Waals surface area (Å²) in [4.78, 5) is 11.6. The van der Waals surface area contributed by atoms with Crippen molar-refractivity contribution in [3.8, 4) is 0 Å². The summed E-state index contributed by atoms with van der Waals surface area (Å²) < 4.78 is 36.5. The second kappa shape index (κ2) is 10.8. The summed E-state index contributed by atoms with van der Waals surface area (Å²) in [5.74, 6) is 1.58. The molecule has 2 aliphatic rings. The van der Waals surface area contributed by atoms with Crippen LogP contribution in [0.2, 0.25) is 0 Å². The van der Waals surface area contributed by atoms with E-state index >= 15 is 0 Å². The molecule has 8 nitrogen and oxygen atoms in total. The summed E-state index contributed by atoms with van der Waals surface area (Å²) in [7, 11) is 5.72. The van der Waals surface area contributed by atoms with Gasteiger partial charge >= 0.3 is 0 Å². The van der Waals surface area contributed by atoms with E-state index in [1.165, 1.54) is 0 Å². The molecule has 206 valence electrons. The van der Waals surface area contributed by atoms with Gasteiger partial charge in [0.05, 0.1) is 36.3 Å². The molecule has 2 aromatic heterocycles. The number of benzene rings is 1. The van der Waals surface area contributed by atoms with Gasteiger partial charge in [-0.25, -0.2) is 18.3 Å². The molecule has 0 bridgehead atoms. The fourth-order valence-electron chi connectivity index (χ4n) is 5.33. The van der Waals surface area contributed by atoms with Gasteiger partial charge in [-0.15, -0.1) is 0 Å². The number of aromatic nitrogens is 3. The van der Waals surface area contributed by atoms with Gasteiger partial charge in [-0.2, -0.15) is 0 Å². The highest BCUT2D eigenvalue weighted by molar-refractivity contribution is 6.20. The molecule has 2 N–H and O–H groups in total. The van der Waals surface area contributed by atoms with Crippen LogP contribution in [0.5, 0.6) is 0 Å². The summed E-state index contributed by atoms with van der Waals surface area (Å²) >= 11 is 0. The van der Waals surface area contributed by atoms with E-state index in [-0.39, 0.29) is 6.54 Å². The first-order chi connectivity index (χ1) is 18.7. The number of methoxy groups -OCH3 is 1. The van der Waals surface area contributed by atoms with Gasteiger partial charge in [0.15, 0.2) is 5.71 Å². The van der Waals surface area contributed by atoms with E-state index in [1.54, 1.807) is 7.11 Å². The van der Waals surface area contributed by atoms with Gasteiger partial charge in [0.2, 0.25) is 5.95 Å². The number of allylic oxidation sites excluding steroid dienone is 1. The van der Waals surface area contributed by atoms with Crippen LogP contribution in [-0.2, 0) is 11.8 Å². The van der Waals surface area contributed by atoms with Crippen molar-refractivity contribution >= 4 is 39.7 Å². The van der Waals surface area contributed by atoms with Crippen LogP contribution in [0, 0.1) is 6.92 Å². The highest BCUT2D eigenvalue weighted by atomic mass is 19.3. The van der Waals surface area contributed by atoms with E-state index in [1.807, 2.05) is 53.8 Å². The molecule has 2 aliphatic heterocycles. The average molecular weight is 537 g/mol. The second-order valence-electron chi connectivity index (χ2n) is 10.3. The van der Waals surface area contributed by atoms with E-state index in [4.69, 9.17) is 14.7 Å². The number of piperazine rings is 1. The number of rotatable bonds is 7. The Bertz CT molecular complexity index is 1490. The molecule has 5 rings (SSSR count). The highest BCUT2D eigenvalue weighted by Gasteiger charge is 2.28. The second-order valence-corrected chi connectivity index (χ2v) is 10.3. The average Bonchev–Trinajstić information content (AvgIpc) is 3.23. The van der Waals surface area contributed by atoms with Crippen molar-refractivity contribution in [1.82, 2.24) is 19.9 Å². The topological polar surface area (TPSA) is 70.3 Å². The summed E-state index contributed by atoms with van der Waals surface area (Å²) in [6.45, 7) is 10.7. The molecule has 0 amide bonds. The van der Waals surface area contributed by atoms with Crippen molar-refractivity contribution in [1.29, 1.82) is 0 Å². The smallest absolute Gasteiger partial charge is 0.255 e. The van der Waals surface area contributed by atoms with Gasteiger partial charge in [-0.1, -0.05) is 6.58 Å². The van der Waals surface area contributed by atoms with Crippen LogP contribution < -0.4 is 15.5 Å². The molecule has 1 fully saturated rings. The Morgan fingerprint density at radius 2 is 2.03 bits per heavy atom. The third-order valence-corrected chi connectivity index (χ3v) is 7.69. The van der Waals surface area contributed by atoms with E-state index in [9.17, 15) is 8.78 Å². The van der Waals surface area contributed by atoms with Crippen LogP contribution in [0.15, 0.2) is 42.7 Å². The largest absolute Gasteiger partial charge is 0.500 e. The molecule has 4 heterocycles. The number of aryl methyl sites for hydroxylation is 2. The number of ether oxygens (including phenoxy) is 1. The zero-order valence-corrected chi connectivity index (χ0v) is 23.2. The lowest BCUT2D eigenvalue weighted by atomic mass is 9.98. The van der Waals surface area contributed by atoms with Crippen molar-refractivity contribution in [2.75, 3.05) is 50.6 Å². The molecule has 0 radical (unpaired) electrons. The van der Waals surface area contributed by atoms with Crippen molar-refractivity contribution in [2.24, 2.45) is 7.05 Å². The Balaban J connectivity index is 1.42. The number of hydrogen-bond acceptors (Lipinski definition) is 6. The zero-order chi connectivity index (χ0) is 27.8. The summed E-state index contributed by atoms with van der Waals surface area (Å²) in [5, 5.41) is 6.28. The molecule has 3 aromatic rings. The predicted molar refractivity (Wildman–Crippen MR) is 153 cm³/mol. The van der Waals surface area contributed by atoms with Crippen LogP contribution in [0.4, 0.5) is 20.4 Å². The number of nitrogens with one attached hydrogen (secondary N) is 2. The fraction of sp³-hybridized carbons (Fsp3) is 0.414.